The first kappa shape index (κ1) is 26.3. The summed E-state index contributed by atoms with van der Waals surface area (Å²) in [6.07, 6.45) is 5.17. The fourth-order valence-corrected chi connectivity index (χ4v) is 6.06. The first-order chi connectivity index (χ1) is 19.6. The van der Waals surface area contributed by atoms with Crippen molar-refractivity contribution < 1.29 is 9.21 Å². The number of fused-ring (bicyclic) bond motifs is 2. The maximum Gasteiger partial charge on any atom is 0.287 e. The van der Waals surface area contributed by atoms with Gasteiger partial charge in [0.2, 0.25) is 0 Å². The SMILES string of the molecule is CCCSc1ccc2c(c1)nc(C(Cc1c[nH]c3ccccc13)NC(=O)c1ccco1)n2Cc1cccc(Cl)c1. The Morgan fingerprint density at radius 2 is 2.00 bits per heavy atom. The highest BCUT2D eigenvalue weighted by Crippen LogP contribution is 2.31. The Morgan fingerprint density at radius 1 is 1.10 bits per heavy atom. The number of imidazole rings is 1. The van der Waals surface area contributed by atoms with Gasteiger partial charge in [-0.3, -0.25) is 4.79 Å². The molecule has 6 aromatic rings. The molecule has 2 N–H and O–H groups in total. The van der Waals surface area contributed by atoms with Crippen LogP contribution in [0.15, 0.2) is 101 Å². The number of para-hydroxylation sites is 1. The van der Waals surface area contributed by atoms with Gasteiger partial charge in [-0.15, -0.1) is 11.8 Å². The molecule has 0 aliphatic rings. The van der Waals surface area contributed by atoms with Crippen LogP contribution in [0.25, 0.3) is 21.9 Å². The number of H-pyrrole nitrogens is 1. The van der Waals surface area contributed by atoms with Crippen LogP contribution in [0.3, 0.4) is 0 Å². The van der Waals surface area contributed by atoms with Crippen LogP contribution in [0.2, 0.25) is 5.02 Å². The van der Waals surface area contributed by atoms with Gasteiger partial charge < -0.3 is 19.3 Å². The van der Waals surface area contributed by atoms with E-state index in [9.17, 15) is 4.79 Å². The number of halogens is 1. The zero-order valence-electron chi connectivity index (χ0n) is 22.1. The summed E-state index contributed by atoms with van der Waals surface area (Å²) in [6.45, 7) is 2.75. The average Bonchev–Trinajstić information content (AvgIpc) is 3.71. The van der Waals surface area contributed by atoms with Crippen LogP contribution in [0.4, 0.5) is 0 Å². The second kappa shape index (κ2) is 11.7. The van der Waals surface area contributed by atoms with Crippen molar-refractivity contribution in [2.75, 3.05) is 5.75 Å². The third-order valence-electron chi connectivity index (χ3n) is 6.91. The zero-order chi connectivity index (χ0) is 27.5. The minimum Gasteiger partial charge on any atom is -0.459 e. The number of rotatable bonds is 10. The number of hydrogen-bond acceptors (Lipinski definition) is 4. The monoisotopic (exact) mass is 568 g/mol. The predicted molar refractivity (Wildman–Crippen MR) is 162 cm³/mol. The standard InChI is InChI=1S/C32H29ClN4O2S/c1-2-15-40-24-12-13-29-27(18-24)35-31(37(29)20-21-7-5-8-23(33)16-21)28(36-32(38)30-11-6-14-39-30)17-22-19-34-26-10-4-3-9-25(22)26/h3-14,16,18-19,28,34H,2,15,17,20H2,1H3,(H,36,38). The van der Waals surface area contributed by atoms with Crippen molar-refractivity contribution in [3.8, 4) is 0 Å². The summed E-state index contributed by atoms with van der Waals surface area (Å²) in [5, 5.41) is 5.03. The third kappa shape index (κ3) is 5.53. The van der Waals surface area contributed by atoms with E-state index in [1.54, 1.807) is 12.1 Å². The molecule has 3 aromatic carbocycles. The maximum absolute atomic E-state index is 13.3. The number of nitrogens with one attached hydrogen (secondary N) is 2. The van der Waals surface area contributed by atoms with Crippen molar-refractivity contribution in [3.05, 3.63) is 119 Å². The average molecular weight is 569 g/mol. The first-order valence-electron chi connectivity index (χ1n) is 13.4. The molecule has 1 amide bonds. The molecule has 1 atom stereocenters. The Labute approximate surface area is 241 Å². The van der Waals surface area contributed by atoms with Crippen molar-refractivity contribution >= 4 is 51.2 Å². The number of carbonyl (C=O) groups is 1. The van der Waals surface area contributed by atoms with E-state index in [0.29, 0.717) is 18.0 Å². The van der Waals surface area contributed by atoms with Gasteiger partial charge in [-0.25, -0.2) is 4.98 Å². The molecule has 0 bridgehead atoms. The number of thioether (sulfide) groups is 1. The second-order valence-electron chi connectivity index (χ2n) is 9.75. The normalized spacial score (nSPS) is 12.2. The molecule has 0 fully saturated rings. The molecule has 6 nitrogen and oxygen atoms in total. The first-order valence-corrected chi connectivity index (χ1v) is 14.7. The van der Waals surface area contributed by atoms with Crippen molar-refractivity contribution in [2.45, 2.75) is 37.2 Å². The molecule has 6 rings (SSSR count). The van der Waals surface area contributed by atoms with E-state index in [4.69, 9.17) is 21.0 Å². The molecule has 3 heterocycles. The summed E-state index contributed by atoms with van der Waals surface area (Å²) in [5.74, 6) is 1.80. The molecule has 3 aromatic heterocycles. The lowest BCUT2D eigenvalue weighted by atomic mass is 10.0. The smallest absolute Gasteiger partial charge is 0.287 e. The number of aromatic nitrogens is 3. The topological polar surface area (TPSA) is 75.8 Å². The molecule has 0 spiro atoms. The fourth-order valence-electron chi connectivity index (χ4n) is 5.05. The lowest BCUT2D eigenvalue weighted by Gasteiger charge is -2.20. The Kier molecular flexibility index (Phi) is 7.66. The van der Waals surface area contributed by atoms with Crippen LogP contribution in [0.5, 0.6) is 0 Å². The van der Waals surface area contributed by atoms with Crippen LogP contribution in [-0.2, 0) is 13.0 Å². The Hall–Kier alpha value is -3.94. The van der Waals surface area contributed by atoms with Crippen LogP contribution in [0.1, 0.15) is 46.9 Å². The number of benzene rings is 3. The number of amides is 1. The molecular formula is C32H29ClN4O2S. The second-order valence-corrected chi connectivity index (χ2v) is 11.4. The van der Waals surface area contributed by atoms with Gasteiger partial charge in [-0.1, -0.05) is 48.9 Å². The molecule has 0 aliphatic carbocycles. The molecular weight excluding hydrogens is 540 g/mol. The van der Waals surface area contributed by atoms with Gasteiger partial charge in [0, 0.05) is 40.0 Å². The van der Waals surface area contributed by atoms with Gasteiger partial charge in [0.05, 0.1) is 23.3 Å². The summed E-state index contributed by atoms with van der Waals surface area (Å²) < 4.78 is 7.62. The van der Waals surface area contributed by atoms with Crippen LogP contribution in [0, 0.1) is 0 Å². The van der Waals surface area contributed by atoms with Gasteiger partial charge in [-0.2, -0.15) is 0 Å². The summed E-state index contributed by atoms with van der Waals surface area (Å²) in [6, 6.07) is 25.4. The molecule has 0 radical (unpaired) electrons. The lowest BCUT2D eigenvalue weighted by molar-refractivity contribution is 0.0906. The van der Waals surface area contributed by atoms with E-state index in [2.05, 4.69) is 58.2 Å². The van der Waals surface area contributed by atoms with Gasteiger partial charge in [-0.05, 0) is 71.8 Å². The Morgan fingerprint density at radius 3 is 2.83 bits per heavy atom. The molecule has 0 saturated heterocycles. The van der Waals surface area contributed by atoms with Crippen molar-refractivity contribution in [1.82, 2.24) is 19.9 Å². The third-order valence-corrected chi connectivity index (χ3v) is 8.35. The summed E-state index contributed by atoms with van der Waals surface area (Å²) in [7, 11) is 0. The highest BCUT2D eigenvalue weighted by Gasteiger charge is 2.25. The summed E-state index contributed by atoms with van der Waals surface area (Å²) >= 11 is 8.18. The van der Waals surface area contributed by atoms with Gasteiger partial charge in [0.15, 0.2) is 5.76 Å². The quantitative estimate of drug-likeness (QED) is 0.164. The molecule has 0 aliphatic heterocycles. The molecule has 8 heteroatoms. The largest absolute Gasteiger partial charge is 0.459 e. The highest BCUT2D eigenvalue weighted by molar-refractivity contribution is 7.99. The van der Waals surface area contributed by atoms with E-state index in [0.717, 1.165) is 51.1 Å². The lowest BCUT2D eigenvalue weighted by Crippen LogP contribution is -2.32. The summed E-state index contributed by atoms with van der Waals surface area (Å²) in [5.41, 5.74) is 5.11. The number of furan rings is 1. The van der Waals surface area contributed by atoms with E-state index >= 15 is 0 Å². The number of nitrogens with zero attached hydrogens (tertiary/aromatic N) is 2. The van der Waals surface area contributed by atoms with E-state index in [1.807, 2.05) is 48.3 Å². The van der Waals surface area contributed by atoms with Crippen LogP contribution >= 0.6 is 23.4 Å². The molecule has 202 valence electrons. The van der Waals surface area contributed by atoms with E-state index < -0.39 is 6.04 Å². The molecule has 1 unspecified atom stereocenters. The molecule has 40 heavy (non-hydrogen) atoms. The number of hydrogen-bond donors (Lipinski definition) is 2. The molecule has 0 saturated carbocycles. The van der Waals surface area contributed by atoms with Crippen LogP contribution < -0.4 is 5.32 Å². The van der Waals surface area contributed by atoms with Gasteiger partial charge >= 0.3 is 0 Å². The Bertz CT molecular complexity index is 1770. The number of carbonyl (C=O) groups excluding carboxylic acids is 1. The van der Waals surface area contributed by atoms with Crippen LogP contribution in [-0.4, -0.2) is 26.2 Å². The number of aromatic amines is 1. The van der Waals surface area contributed by atoms with Crippen molar-refractivity contribution in [2.24, 2.45) is 0 Å². The maximum atomic E-state index is 13.3. The highest BCUT2D eigenvalue weighted by atomic mass is 35.5. The zero-order valence-corrected chi connectivity index (χ0v) is 23.6. The predicted octanol–water partition coefficient (Wildman–Crippen LogP) is 8.03. The minimum absolute atomic E-state index is 0.264. The van der Waals surface area contributed by atoms with Crippen molar-refractivity contribution in [1.29, 1.82) is 0 Å². The van der Waals surface area contributed by atoms with Crippen molar-refractivity contribution in [3.63, 3.8) is 0 Å². The fraction of sp³-hybridized carbons (Fsp3) is 0.188. The Balaban J connectivity index is 1.47. The van der Waals surface area contributed by atoms with E-state index in [-0.39, 0.29) is 11.7 Å². The minimum atomic E-state index is -0.421. The van der Waals surface area contributed by atoms with Gasteiger partial charge in [0.25, 0.3) is 5.91 Å². The summed E-state index contributed by atoms with van der Waals surface area (Å²) in [4.78, 5) is 23.0. The van der Waals surface area contributed by atoms with Gasteiger partial charge in [0.1, 0.15) is 5.82 Å². The van der Waals surface area contributed by atoms with E-state index in [1.165, 1.54) is 11.2 Å².